The van der Waals surface area contributed by atoms with Gasteiger partial charge in [0.05, 0.1) is 5.52 Å². The summed E-state index contributed by atoms with van der Waals surface area (Å²) >= 11 is 0. The fourth-order valence-electron chi connectivity index (χ4n) is 6.63. The Kier molecular flexibility index (Phi) is 7.45. The number of hydrogen-bond donors (Lipinski definition) is 0. The molecule has 0 fully saturated rings. The Morgan fingerprint density at radius 1 is 0.300 bits per heavy atom. The van der Waals surface area contributed by atoms with E-state index < -0.39 is 0 Å². The second-order valence-electron chi connectivity index (χ2n) is 12.3. The van der Waals surface area contributed by atoms with E-state index in [0.29, 0.717) is 17.5 Å². The van der Waals surface area contributed by atoms with Crippen LogP contribution in [0, 0.1) is 0 Å². The van der Waals surface area contributed by atoms with Crippen molar-refractivity contribution in [2.24, 2.45) is 0 Å². The zero-order valence-electron chi connectivity index (χ0n) is 27.1. The first-order valence-electron chi connectivity index (χ1n) is 16.7. The van der Waals surface area contributed by atoms with Crippen LogP contribution in [-0.4, -0.2) is 19.9 Å². The quantitative estimate of drug-likeness (QED) is 0.182. The van der Waals surface area contributed by atoms with E-state index in [0.717, 1.165) is 44.3 Å². The van der Waals surface area contributed by atoms with Crippen LogP contribution >= 0.6 is 0 Å². The third kappa shape index (κ3) is 5.59. The molecule has 50 heavy (non-hydrogen) atoms. The standard InChI is InChI=1S/C46H30N4/c1-3-10-35(11-4-1)44-48-45(36-12-5-2-6-13-36)50-46(49-44)37-25-23-32(24-26-37)40-17-8-15-39-30-38(27-28-41(39)40)31-19-21-33(22-20-31)42-18-7-14-34-16-9-29-47-43(34)42/h1-30H. The maximum Gasteiger partial charge on any atom is 0.164 e. The summed E-state index contributed by atoms with van der Waals surface area (Å²) in [5.74, 6) is 1.96. The van der Waals surface area contributed by atoms with Gasteiger partial charge in [0.15, 0.2) is 17.5 Å². The first-order valence-corrected chi connectivity index (χ1v) is 16.7. The van der Waals surface area contributed by atoms with E-state index in [1.54, 1.807) is 0 Å². The number of pyridine rings is 1. The van der Waals surface area contributed by atoms with Crippen LogP contribution in [-0.2, 0) is 0 Å². The lowest BCUT2D eigenvalue weighted by atomic mass is 9.94. The minimum Gasteiger partial charge on any atom is -0.256 e. The van der Waals surface area contributed by atoms with Gasteiger partial charge in [-0.3, -0.25) is 4.98 Å². The molecule has 0 aliphatic heterocycles. The predicted molar refractivity (Wildman–Crippen MR) is 205 cm³/mol. The van der Waals surface area contributed by atoms with Crippen molar-refractivity contribution in [2.45, 2.75) is 0 Å². The zero-order chi connectivity index (χ0) is 33.3. The normalized spacial score (nSPS) is 11.2. The molecule has 0 aliphatic carbocycles. The number of para-hydroxylation sites is 1. The van der Waals surface area contributed by atoms with Crippen LogP contribution in [0.5, 0.6) is 0 Å². The van der Waals surface area contributed by atoms with Gasteiger partial charge < -0.3 is 0 Å². The molecule has 0 saturated heterocycles. The summed E-state index contributed by atoms with van der Waals surface area (Å²) < 4.78 is 0. The van der Waals surface area contributed by atoms with Gasteiger partial charge in [0.1, 0.15) is 0 Å². The lowest BCUT2D eigenvalue weighted by Gasteiger charge is -2.11. The van der Waals surface area contributed by atoms with E-state index in [2.05, 4.69) is 114 Å². The van der Waals surface area contributed by atoms with E-state index in [9.17, 15) is 0 Å². The van der Waals surface area contributed by atoms with Crippen LogP contribution in [0.25, 0.3) is 89.2 Å². The lowest BCUT2D eigenvalue weighted by molar-refractivity contribution is 1.07. The van der Waals surface area contributed by atoms with Crippen molar-refractivity contribution in [3.63, 3.8) is 0 Å². The summed E-state index contributed by atoms with van der Waals surface area (Å²) in [6.45, 7) is 0. The maximum absolute atomic E-state index is 4.90. The fraction of sp³-hybridized carbons (Fsp3) is 0. The molecule has 0 saturated carbocycles. The van der Waals surface area contributed by atoms with Crippen LogP contribution in [0.1, 0.15) is 0 Å². The molecule has 0 bridgehead atoms. The van der Waals surface area contributed by atoms with Gasteiger partial charge in [-0.1, -0.05) is 164 Å². The highest BCUT2D eigenvalue weighted by Gasteiger charge is 2.13. The van der Waals surface area contributed by atoms with Crippen molar-refractivity contribution in [3.05, 3.63) is 182 Å². The number of nitrogens with zero attached hydrogens (tertiary/aromatic N) is 4. The van der Waals surface area contributed by atoms with E-state index >= 15 is 0 Å². The first-order chi connectivity index (χ1) is 24.8. The Morgan fingerprint density at radius 2 is 0.780 bits per heavy atom. The molecular weight excluding hydrogens is 609 g/mol. The molecule has 2 aromatic heterocycles. The highest BCUT2D eigenvalue weighted by atomic mass is 15.0. The van der Waals surface area contributed by atoms with Crippen LogP contribution in [0.15, 0.2) is 182 Å². The largest absolute Gasteiger partial charge is 0.256 e. The Hall–Kier alpha value is -6.78. The minimum atomic E-state index is 0.648. The van der Waals surface area contributed by atoms with Gasteiger partial charge in [0.25, 0.3) is 0 Å². The molecule has 9 rings (SSSR count). The Morgan fingerprint density at radius 3 is 1.42 bits per heavy atom. The zero-order valence-corrected chi connectivity index (χ0v) is 27.1. The van der Waals surface area contributed by atoms with Gasteiger partial charge in [0.2, 0.25) is 0 Å². The van der Waals surface area contributed by atoms with Crippen LogP contribution in [0.4, 0.5) is 0 Å². The third-order valence-corrected chi connectivity index (χ3v) is 9.20. The van der Waals surface area contributed by atoms with Crippen molar-refractivity contribution in [3.8, 4) is 67.5 Å². The predicted octanol–water partition coefficient (Wildman–Crippen LogP) is 11.6. The van der Waals surface area contributed by atoms with Gasteiger partial charge in [-0.05, 0) is 50.7 Å². The summed E-state index contributed by atoms with van der Waals surface area (Å²) in [5.41, 5.74) is 10.9. The van der Waals surface area contributed by atoms with E-state index in [-0.39, 0.29) is 0 Å². The Bertz CT molecular complexity index is 2550. The molecule has 0 spiro atoms. The second kappa shape index (κ2) is 12.7. The monoisotopic (exact) mass is 638 g/mol. The molecule has 4 nitrogen and oxygen atoms in total. The SMILES string of the molecule is c1ccc(-c2nc(-c3ccccc3)nc(-c3ccc(-c4cccc5cc(-c6ccc(-c7cccc8cccnc78)cc6)ccc45)cc3)n2)cc1. The number of aromatic nitrogens is 4. The molecule has 0 radical (unpaired) electrons. The van der Waals surface area contributed by atoms with E-state index in [1.165, 1.54) is 27.5 Å². The van der Waals surface area contributed by atoms with Crippen molar-refractivity contribution in [2.75, 3.05) is 0 Å². The van der Waals surface area contributed by atoms with Gasteiger partial charge in [0, 0.05) is 33.8 Å². The minimum absolute atomic E-state index is 0.648. The van der Waals surface area contributed by atoms with Crippen LogP contribution in [0.2, 0.25) is 0 Å². The Labute approximate surface area is 290 Å². The smallest absolute Gasteiger partial charge is 0.164 e. The fourth-order valence-corrected chi connectivity index (χ4v) is 6.63. The topological polar surface area (TPSA) is 51.6 Å². The summed E-state index contributed by atoms with van der Waals surface area (Å²) in [6, 6.07) is 61.1. The van der Waals surface area contributed by atoms with E-state index in [4.69, 9.17) is 15.0 Å². The highest BCUT2D eigenvalue weighted by molar-refractivity contribution is 5.99. The molecule has 0 aliphatic rings. The van der Waals surface area contributed by atoms with Gasteiger partial charge in [-0.15, -0.1) is 0 Å². The van der Waals surface area contributed by atoms with E-state index in [1.807, 2.05) is 72.9 Å². The Balaban J connectivity index is 1.03. The van der Waals surface area contributed by atoms with Crippen molar-refractivity contribution in [1.29, 1.82) is 0 Å². The molecule has 9 aromatic rings. The van der Waals surface area contributed by atoms with Gasteiger partial charge in [-0.2, -0.15) is 0 Å². The average Bonchev–Trinajstić information content (AvgIpc) is 3.21. The maximum atomic E-state index is 4.90. The molecule has 234 valence electrons. The number of hydrogen-bond acceptors (Lipinski definition) is 4. The number of rotatable bonds is 6. The summed E-state index contributed by atoms with van der Waals surface area (Å²) in [7, 11) is 0. The van der Waals surface area contributed by atoms with Crippen molar-refractivity contribution < 1.29 is 0 Å². The second-order valence-corrected chi connectivity index (χ2v) is 12.3. The van der Waals surface area contributed by atoms with Gasteiger partial charge in [-0.25, -0.2) is 15.0 Å². The molecule has 0 amide bonds. The third-order valence-electron chi connectivity index (χ3n) is 9.20. The van der Waals surface area contributed by atoms with Crippen LogP contribution in [0.3, 0.4) is 0 Å². The molecule has 0 unspecified atom stereocenters. The van der Waals surface area contributed by atoms with Gasteiger partial charge >= 0.3 is 0 Å². The molecule has 0 N–H and O–H groups in total. The lowest BCUT2D eigenvalue weighted by Crippen LogP contribution is -2.00. The molecule has 0 atom stereocenters. The summed E-state index contributed by atoms with van der Waals surface area (Å²) in [5, 5.41) is 3.55. The molecule has 4 heteroatoms. The number of benzene rings is 7. The molecule has 7 aromatic carbocycles. The average molecular weight is 639 g/mol. The van der Waals surface area contributed by atoms with Crippen LogP contribution < -0.4 is 0 Å². The molecular formula is C46H30N4. The highest BCUT2D eigenvalue weighted by Crippen LogP contribution is 2.35. The van der Waals surface area contributed by atoms with Crippen molar-refractivity contribution >= 4 is 21.7 Å². The first kappa shape index (κ1) is 29.4. The number of fused-ring (bicyclic) bond motifs is 2. The summed E-state index contributed by atoms with van der Waals surface area (Å²) in [4.78, 5) is 19.3. The summed E-state index contributed by atoms with van der Waals surface area (Å²) in [6.07, 6.45) is 1.86. The molecule has 2 heterocycles. The van der Waals surface area contributed by atoms with Crippen molar-refractivity contribution in [1.82, 2.24) is 19.9 Å².